The summed E-state index contributed by atoms with van der Waals surface area (Å²) in [4.78, 5) is 13.0. The van der Waals surface area contributed by atoms with Crippen LogP contribution < -0.4 is 10.6 Å². The van der Waals surface area contributed by atoms with Crippen molar-refractivity contribution in [3.63, 3.8) is 0 Å². The third kappa shape index (κ3) is 4.45. The number of aliphatic hydroxyl groups is 1. The van der Waals surface area contributed by atoms with Crippen LogP contribution in [0.4, 0.5) is 5.82 Å². The number of aliphatic imine (C=N–C) groups is 1. The van der Waals surface area contributed by atoms with E-state index in [9.17, 15) is 0 Å². The van der Waals surface area contributed by atoms with Gasteiger partial charge in [-0.2, -0.15) is 10.2 Å². The topological polar surface area (TPSA) is 135 Å². The summed E-state index contributed by atoms with van der Waals surface area (Å²) in [6, 6.07) is 7.37. The number of benzene rings is 1. The summed E-state index contributed by atoms with van der Waals surface area (Å²) in [5.74, 6) is 6.89. The Morgan fingerprint density at radius 2 is 2.22 bits per heavy atom. The zero-order chi connectivity index (χ0) is 19.2. The Hall–Kier alpha value is -3.33. The maximum atomic E-state index is 8.97. The predicted molar refractivity (Wildman–Crippen MR) is 104 cm³/mol. The van der Waals surface area contributed by atoms with Crippen molar-refractivity contribution in [2.24, 2.45) is 15.9 Å². The Bertz CT molecular complexity index is 979. The monoisotopic (exact) mass is 367 g/mol. The molecule has 0 bridgehead atoms. The van der Waals surface area contributed by atoms with Crippen molar-refractivity contribution in [3.05, 3.63) is 30.5 Å². The number of rotatable bonds is 7. The normalized spacial score (nSPS) is 12.4. The lowest BCUT2D eigenvalue weighted by molar-refractivity contribution is 0.243. The van der Waals surface area contributed by atoms with E-state index in [-0.39, 0.29) is 12.7 Å². The number of nitrogens with zero attached hydrogens (tertiary/aromatic N) is 5. The number of ether oxygens (including phenoxy) is 1. The number of hydrazone groups is 1. The molecule has 0 fully saturated rings. The molecule has 9 nitrogen and oxygen atoms in total. The van der Waals surface area contributed by atoms with E-state index in [0.29, 0.717) is 29.5 Å². The zero-order valence-electron chi connectivity index (χ0n) is 15.1. The van der Waals surface area contributed by atoms with E-state index in [1.807, 2.05) is 32.0 Å². The largest absolute Gasteiger partial charge is 0.491 e. The van der Waals surface area contributed by atoms with Crippen LogP contribution in [-0.2, 0) is 0 Å². The Kier molecular flexibility index (Phi) is 5.72. The summed E-state index contributed by atoms with van der Waals surface area (Å²) < 4.78 is 5.76. The average molecular weight is 367 g/mol. The maximum absolute atomic E-state index is 8.97. The van der Waals surface area contributed by atoms with Gasteiger partial charge in [-0.25, -0.2) is 15.0 Å². The summed E-state index contributed by atoms with van der Waals surface area (Å²) in [6.45, 7) is 3.89. The molecule has 0 radical (unpaired) electrons. The minimum Gasteiger partial charge on any atom is -0.491 e. The molecular formula is C18H21N7O2. The van der Waals surface area contributed by atoms with Gasteiger partial charge in [0.25, 0.3) is 0 Å². The highest BCUT2D eigenvalue weighted by molar-refractivity contribution is 6.30. The first-order valence-corrected chi connectivity index (χ1v) is 8.50. The Morgan fingerprint density at radius 3 is 2.96 bits per heavy atom. The smallest absolute Gasteiger partial charge is 0.182 e. The minimum atomic E-state index is -0.0584. The van der Waals surface area contributed by atoms with Crippen molar-refractivity contribution in [1.29, 1.82) is 0 Å². The molecule has 9 heteroatoms. The van der Waals surface area contributed by atoms with Gasteiger partial charge in [0.15, 0.2) is 11.6 Å². The summed E-state index contributed by atoms with van der Waals surface area (Å²) in [7, 11) is 0. The SMILES string of the molecule is CC(C)Oc1ccc2[nH]nc(-c3nccc(N=CC(CCO)=NN)n3)c2c1. The minimum absolute atomic E-state index is 0.0584. The highest BCUT2D eigenvalue weighted by Gasteiger charge is 2.13. The molecule has 1 aromatic carbocycles. The Balaban J connectivity index is 1.94. The van der Waals surface area contributed by atoms with Gasteiger partial charge in [0.1, 0.15) is 11.4 Å². The molecule has 0 amide bonds. The van der Waals surface area contributed by atoms with Crippen molar-refractivity contribution in [2.45, 2.75) is 26.4 Å². The fraction of sp³-hybridized carbons (Fsp3) is 0.278. The summed E-state index contributed by atoms with van der Waals surface area (Å²) in [6.07, 6.45) is 3.47. The molecule has 0 saturated carbocycles. The van der Waals surface area contributed by atoms with Gasteiger partial charge in [0, 0.05) is 30.7 Å². The maximum Gasteiger partial charge on any atom is 0.182 e. The first kappa shape index (κ1) is 18.5. The number of hydrogen-bond donors (Lipinski definition) is 3. The van der Waals surface area contributed by atoms with Crippen LogP contribution in [0.25, 0.3) is 22.4 Å². The van der Waals surface area contributed by atoms with Gasteiger partial charge in [-0.05, 0) is 32.0 Å². The molecule has 0 saturated heterocycles. The first-order chi connectivity index (χ1) is 13.1. The van der Waals surface area contributed by atoms with Crippen LogP contribution >= 0.6 is 0 Å². The zero-order valence-corrected chi connectivity index (χ0v) is 15.1. The third-order valence-electron chi connectivity index (χ3n) is 3.64. The van der Waals surface area contributed by atoms with Crippen molar-refractivity contribution in [3.8, 4) is 17.3 Å². The molecule has 0 aliphatic rings. The van der Waals surface area contributed by atoms with E-state index in [1.165, 1.54) is 6.21 Å². The van der Waals surface area contributed by atoms with E-state index >= 15 is 0 Å². The van der Waals surface area contributed by atoms with Gasteiger partial charge in [-0.15, -0.1) is 0 Å². The molecule has 4 N–H and O–H groups in total. The molecule has 0 unspecified atom stereocenters. The van der Waals surface area contributed by atoms with Crippen LogP contribution in [0.1, 0.15) is 20.3 Å². The number of aromatic amines is 1. The highest BCUT2D eigenvalue weighted by atomic mass is 16.5. The Labute approximate surface area is 156 Å². The number of hydrogen-bond acceptors (Lipinski definition) is 8. The van der Waals surface area contributed by atoms with Crippen molar-refractivity contribution < 1.29 is 9.84 Å². The lowest BCUT2D eigenvalue weighted by atomic mass is 10.2. The standard InChI is InChI=1S/C18H21N7O2/c1-11(2)27-13-3-4-15-14(9-13)17(25-24-15)18-20-7-5-16(22-18)21-10-12(23-19)6-8-26/h3-5,7,9-11,26H,6,8,19H2,1-2H3,(H,24,25). The molecular weight excluding hydrogens is 346 g/mol. The second kappa shape index (κ2) is 8.37. The van der Waals surface area contributed by atoms with E-state index in [2.05, 4.69) is 30.3 Å². The van der Waals surface area contributed by atoms with Crippen LogP contribution in [0.2, 0.25) is 0 Å². The number of nitrogens with two attached hydrogens (primary N) is 1. The van der Waals surface area contributed by atoms with Gasteiger partial charge >= 0.3 is 0 Å². The van der Waals surface area contributed by atoms with Crippen LogP contribution in [0.5, 0.6) is 5.75 Å². The van der Waals surface area contributed by atoms with Gasteiger partial charge in [-0.3, -0.25) is 5.10 Å². The molecule has 3 aromatic rings. The quantitative estimate of drug-likeness (QED) is 0.333. The molecule has 0 atom stereocenters. The van der Waals surface area contributed by atoms with Crippen LogP contribution in [-0.4, -0.2) is 49.9 Å². The number of aromatic nitrogens is 4. The number of nitrogens with one attached hydrogen (secondary N) is 1. The van der Waals surface area contributed by atoms with Crippen molar-refractivity contribution in [1.82, 2.24) is 20.2 Å². The third-order valence-corrected chi connectivity index (χ3v) is 3.64. The summed E-state index contributed by atoms with van der Waals surface area (Å²) in [5, 5.41) is 20.7. The van der Waals surface area contributed by atoms with Crippen molar-refractivity contribution in [2.75, 3.05) is 6.61 Å². The van der Waals surface area contributed by atoms with Gasteiger partial charge in [-0.1, -0.05) is 0 Å². The molecule has 3 rings (SSSR count). The molecule has 2 heterocycles. The molecule has 0 spiro atoms. The predicted octanol–water partition coefficient (Wildman–Crippen LogP) is 2.21. The van der Waals surface area contributed by atoms with Gasteiger partial charge < -0.3 is 15.7 Å². The number of aliphatic hydroxyl groups excluding tert-OH is 1. The first-order valence-electron chi connectivity index (χ1n) is 8.50. The van der Waals surface area contributed by atoms with Crippen molar-refractivity contribution >= 4 is 28.6 Å². The Morgan fingerprint density at radius 1 is 1.37 bits per heavy atom. The lowest BCUT2D eigenvalue weighted by Gasteiger charge is -2.09. The molecule has 0 aliphatic heterocycles. The molecule has 0 aliphatic carbocycles. The number of H-pyrrole nitrogens is 1. The molecule has 27 heavy (non-hydrogen) atoms. The highest BCUT2D eigenvalue weighted by Crippen LogP contribution is 2.28. The average Bonchev–Trinajstić information content (AvgIpc) is 3.08. The number of fused-ring (bicyclic) bond motifs is 1. The second-order valence-corrected chi connectivity index (χ2v) is 6.04. The van der Waals surface area contributed by atoms with Crippen LogP contribution in [0.3, 0.4) is 0 Å². The van der Waals surface area contributed by atoms with E-state index < -0.39 is 0 Å². The van der Waals surface area contributed by atoms with E-state index in [0.717, 1.165) is 16.7 Å². The second-order valence-electron chi connectivity index (χ2n) is 6.04. The van der Waals surface area contributed by atoms with E-state index in [1.54, 1.807) is 12.3 Å². The fourth-order valence-electron chi connectivity index (χ4n) is 2.46. The molecule has 140 valence electrons. The van der Waals surface area contributed by atoms with E-state index in [4.69, 9.17) is 15.7 Å². The fourth-order valence-corrected chi connectivity index (χ4v) is 2.46. The van der Waals surface area contributed by atoms with Crippen LogP contribution in [0.15, 0.2) is 40.6 Å². The summed E-state index contributed by atoms with van der Waals surface area (Å²) in [5.41, 5.74) is 1.94. The summed E-state index contributed by atoms with van der Waals surface area (Å²) >= 11 is 0. The van der Waals surface area contributed by atoms with Gasteiger partial charge in [0.2, 0.25) is 0 Å². The van der Waals surface area contributed by atoms with Gasteiger partial charge in [0.05, 0.1) is 23.5 Å². The molecule has 2 aromatic heterocycles. The van der Waals surface area contributed by atoms with Crippen LogP contribution in [0, 0.1) is 0 Å². The lowest BCUT2D eigenvalue weighted by Crippen LogP contribution is -2.06.